The van der Waals surface area contributed by atoms with Crippen molar-refractivity contribution in [3.05, 3.63) is 17.7 Å². The van der Waals surface area contributed by atoms with Gasteiger partial charge in [-0.15, -0.1) is 5.10 Å². The van der Waals surface area contributed by atoms with Gasteiger partial charge < -0.3 is 0 Å². The first kappa shape index (κ1) is 6.92. The number of aryl methyl sites for hydroxylation is 1. The van der Waals surface area contributed by atoms with Gasteiger partial charge in [0.1, 0.15) is 0 Å². The summed E-state index contributed by atoms with van der Waals surface area (Å²) in [4.78, 5) is 10.6. The van der Waals surface area contributed by atoms with Crippen molar-refractivity contribution >= 4 is 5.78 Å². The summed E-state index contributed by atoms with van der Waals surface area (Å²) in [6, 6.07) is 0. The van der Waals surface area contributed by atoms with Crippen LogP contribution in [-0.4, -0.2) is 15.6 Å². The molecule has 0 radical (unpaired) electrons. The van der Waals surface area contributed by atoms with Crippen LogP contribution < -0.4 is 0 Å². The van der Waals surface area contributed by atoms with E-state index >= 15 is 0 Å². The van der Waals surface area contributed by atoms with Crippen LogP contribution in [0.15, 0.2) is 6.20 Å². The minimum Gasteiger partial charge on any atom is -0.294 e. The third kappa shape index (κ3) is 1.05. The molecule has 4 heteroatoms. The van der Waals surface area contributed by atoms with E-state index in [9.17, 15) is 9.18 Å². The molecule has 1 aromatic rings. The zero-order valence-electron chi connectivity index (χ0n) is 5.76. The second-order valence-corrected chi connectivity index (χ2v) is 2.06. The highest BCUT2D eigenvalue weighted by atomic mass is 19.1. The number of ketones is 1. The van der Waals surface area contributed by atoms with Gasteiger partial charge in [0.2, 0.25) is 5.95 Å². The number of hydrogen-bond acceptors (Lipinski definition) is 2. The minimum atomic E-state index is -0.699. The van der Waals surface area contributed by atoms with E-state index in [-0.39, 0.29) is 11.3 Å². The maximum absolute atomic E-state index is 12.5. The molecule has 0 amide bonds. The predicted molar refractivity (Wildman–Crippen MR) is 33.2 cm³/mol. The maximum atomic E-state index is 12.5. The molecular weight excluding hydrogens is 135 g/mol. The number of carbonyl (C=O) groups excluding carboxylic acids is 1. The molecule has 0 aliphatic carbocycles. The quantitative estimate of drug-likeness (QED) is 0.542. The van der Waals surface area contributed by atoms with Crippen LogP contribution in [0.5, 0.6) is 0 Å². The smallest absolute Gasteiger partial charge is 0.243 e. The van der Waals surface area contributed by atoms with Gasteiger partial charge in [-0.1, -0.05) is 0 Å². The third-order valence-corrected chi connectivity index (χ3v) is 1.16. The lowest BCUT2D eigenvalue weighted by molar-refractivity contribution is 0.101. The molecule has 0 N–H and O–H groups in total. The molecule has 10 heavy (non-hydrogen) atoms. The Morgan fingerprint density at radius 1 is 1.80 bits per heavy atom. The van der Waals surface area contributed by atoms with E-state index < -0.39 is 5.95 Å². The number of aromatic nitrogens is 2. The Bertz CT molecular complexity index is 267. The Hall–Kier alpha value is -1.19. The summed E-state index contributed by atoms with van der Waals surface area (Å²) < 4.78 is 13.8. The first-order valence-electron chi connectivity index (χ1n) is 2.81. The van der Waals surface area contributed by atoms with Crippen molar-refractivity contribution < 1.29 is 9.18 Å². The fourth-order valence-corrected chi connectivity index (χ4v) is 0.697. The van der Waals surface area contributed by atoms with Gasteiger partial charge >= 0.3 is 0 Å². The Labute approximate surface area is 57.5 Å². The molecule has 0 spiro atoms. The molecule has 0 atom stereocenters. The first-order valence-corrected chi connectivity index (χ1v) is 2.81. The minimum absolute atomic E-state index is 0.0440. The number of hydrogen-bond donors (Lipinski definition) is 0. The molecule has 3 nitrogen and oxygen atoms in total. The van der Waals surface area contributed by atoms with Gasteiger partial charge in [-0.05, 0) is 6.92 Å². The van der Waals surface area contributed by atoms with E-state index in [1.807, 2.05) is 0 Å². The predicted octanol–water partition coefficient (Wildman–Crippen LogP) is 0.762. The van der Waals surface area contributed by atoms with Crippen molar-refractivity contribution in [3.63, 3.8) is 0 Å². The van der Waals surface area contributed by atoms with Gasteiger partial charge in [0, 0.05) is 13.2 Å². The summed E-state index contributed by atoms with van der Waals surface area (Å²) in [5, 5.41) is 3.36. The summed E-state index contributed by atoms with van der Waals surface area (Å²) in [5.41, 5.74) is 0.0440. The van der Waals surface area contributed by atoms with Crippen molar-refractivity contribution in [1.82, 2.24) is 9.78 Å². The zero-order chi connectivity index (χ0) is 7.72. The topological polar surface area (TPSA) is 34.9 Å². The fraction of sp³-hybridized carbons (Fsp3) is 0.333. The van der Waals surface area contributed by atoms with Crippen LogP contribution in [-0.2, 0) is 7.05 Å². The summed E-state index contributed by atoms with van der Waals surface area (Å²) in [6.45, 7) is 1.31. The lowest BCUT2D eigenvalue weighted by Gasteiger charge is -1.82. The highest BCUT2D eigenvalue weighted by molar-refractivity contribution is 5.93. The average molecular weight is 142 g/mol. The molecule has 54 valence electrons. The Balaban J connectivity index is 3.15. The number of carbonyl (C=O) groups is 1. The van der Waals surface area contributed by atoms with E-state index in [1.54, 1.807) is 7.05 Å². The standard InChI is InChI=1S/C6H7FN2O/c1-4(10)5-3-9(2)8-6(5)7/h3H,1-2H3. The fourth-order valence-electron chi connectivity index (χ4n) is 0.697. The van der Waals surface area contributed by atoms with E-state index in [0.29, 0.717) is 0 Å². The van der Waals surface area contributed by atoms with Crippen molar-refractivity contribution in [2.24, 2.45) is 7.05 Å². The Morgan fingerprint density at radius 2 is 2.40 bits per heavy atom. The first-order chi connectivity index (χ1) is 4.61. The van der Waals surface area contributed by atoms with Crippen molar-refractivity contribution in [2.75, 3.05) is 0 Å². The molecule has 1 heterocycles. The van der Waals surface area contributed by atoms with Gasteiger partial charge in [-0.3, -0.25) is 9.48 Å². The summed E-state index contributed by atoms with van der Waals surface area (Å²) in [5.74, 6) is -0.999. The third-order valence-electron chi connectivity index (χ3n) is 1.16. The second-order valence-electron chi connectivity index (χ2n) is 2.06. The van der Waals surface area contributed by atoms with Crippen LogP contribution >= 0.6 is 0 Å². The molecular formula is C6H7FN2O. The number of halogens is 1. The Kier molecular flexibility index (Phi) is 1.53. The molecule has 0 saturated heterocycles. The van der Waals surface area contributed by atoms with Gasteiger partial charge in [0.25, 0.3) is 0 Å². The van der Waals surface area contributed by atoms with Gasteiger partial charge in [0.15, 0.2) is 5.78 Å². The van der Waals surface area contributed by atoms with Crippen molar-refractivity contribution in [3.8, 4) is 0 Å². The van der Waals surface area contributed by atoms with Gasteiger partial charge in [0.05, 0.1) is 5.56 Å². The van der Waals surface area contributed by atoms with E-state index in [0.717, 1.165) is 0 Å². The largest absolute Gasteiger partial charge is 0.294 e. The van der Waals surface area contributed by atoms with Crippen LogP contribution in [0.2, 0.25) is 0 Å². The number of nitrogens with zero attached hydrogens (tertiary/aromatic N) is 2. The SMILES string of the molecule is CC(=O)c1cn(C)nc1F. The highest BCUT2D eigenvalue weighted by Gasteiger charge is 2.09. The zero-order valence-corrected chi connectivity index (χ0v) is 5.76. The summed E-state index contributed by atoms with van der Waals surface area (Å²) >= 11 is 0. The average Bonchev–Trinajstić information content (AvgIpc) is 2.10. The van der Waals surface area contributed by atoms with Crippen LogP contribution in [0.25, 0.3) is 0 Å². The molecule has 1 rings (SSSR count). The highest BCUT2D eigenvalue weighted by Crippen LogP contribution is 2.03. The Morgan fingerprint density at radius 3 is 2.60 bits per heavy atom. The molecule has 0 fully saturated rings. The number of rotatable bonds is 1. The van der Waals surface area contributed by atoms with Crippen molar-refractivity contribution in [1.29, 1.82) is 0 Å². The van der Waals surface area contributed by atoms with Crippen LogP contribution in [0.1, 0.15) is 17.3 Å². The normalized spacial score (nSPS) is 9.90. The maximum Gasteiger partial charge on any atom is 0.243 e. The molecule has 1 aromatic heterocycles. The monoisotopic (exact) mass is 142 g/mol. The second kappa shape index (κ2) is 2.21. The van der Waals surface area contributed by atoms with Crippen LogP contribution in [0.3, 0.4) is 0 Å². The van der Waals surface area contributed by atoms with Crippen LogP contribution in [0, 0.1) is 5.95 Å². The van der Waals surface area contributed by atoms with Gasteiger partial charge in [-0.25, -0.2) is 0 Å². The van der Waals surface area contributed by atoms with E-state index in [4.69, 9.17) is 0 Å². The molecule has 0 bridgehead atoms. The molecule has 0 unspecified atom stereocenters. The molecule has 0 saturated carbocycles. The van der Waals surface area contributed by atoms with Crippen LogP contribution in [0.4, 0.5) is 4.39 Å². The lowest BCUT2D eigenvalue weighted by atomic mass is 10.2. The lowest BCUT2D eigenvalue weighted by Crippen LogP contribution is -1.91. The van der Waals surface area contributed by atoms with Gasteiger partial charge in [-0.2, -0.15) is 4.39 Å². The molecule has 0 aliphatic heterocycles. The molecule has 0 aromatic carbocycles. The summed E-state index contributed by atoms with van der Waals surface area (Å²) in [7, 11) is 1.56. The van der Waals surface area contributed by atoms with E-state index in [2.05, 4.69) is 5.10 Å². The molecule has 0 aliphatic rings. The van der Waals surface area contributed by atoms with Crippen molar-refractivity contribution in [2.45, 2.75) is 6.92 Å². The van der Waals surface area contributed by atoms with E-state index in [1.165, 1.54) is 17.8 Å². The number of Topliss-reactive ketones (excluding diaryl/α,β-unsaturated/α-hetero) is 1. The summed E-state index contributed by atoms with van der Waals surface area (Å²) in [6.07, 6.45) is 1.36.